The number of hydrogen-bond acceptors (Lipinski definition) is 4. The van der Waals surface area contributed by atoms with Crippen LogP contribution in [0, 0.1) is 10.1 Å². The highest BCUT2D eigenvalue weighted by molar-refractivity contribution is 7.89. The van der Waals surface area contributed by atoms with E-state index in [-0.39, 0.29) is 18.0 Å². The third-order valence-corrected chi connectivity index (χ3v) is 3.34. The van der Waals surface area contributed by atoms with Crippen molar-refractivity contribution in [1.29, 1.82) is 0 Å². The molecule has 0 spiro atoms. The van der Waals surface area contributed by atoms with Gasteiger partial charge in [-0.25, -0.2) is 13.1 Å². The number of rotatable bonds is 5. The second-order valence-electron chi connectivity index (χ2n) is 3.15. The Morgan fingerprint density at radius 3 is 2.69 bits per heavy atom. The first-order chi connectivity index (χ1) is 7.44. The van der Waals surface area contributed by atoms with Gasteiger partial charge in [0.05, 0.1) is 10.7 Å². The van der Waals surface area contributed by atoms with Crippen molar-refractivity contribution in [2.45, 2.75) is 13.5 Å². The molecule has 88 valence electrons. The number of nitro benzene ring substituents is 1. The summed E-state index contributed by atoms with van der Waals surface area (Å²) in [5.41, 5.74) is 0.513. The average Bonchev–Trinajstić information content (AvgIpc) is 2.27. The summed E-state index contributed by atoms with van der Waals surface area (Å²) in [6, 6.07) is 5.86. The van der Waals surface area contributed by atoms with Gasteiger partial charge in [-0.05, 0) is 12.5 Å². The van der Waals surface area contributed by atoms with Crippen molar-refractivity contribution in [3.8, 4) is 0 Å². The highest BCUT2D eigenvalue weighted by Gasteiger charge is 2.08. The Balaban J connectivity index is 2.75. The number of hydrogen-bond donors (Lipinski definition) is 1. The molecule has 1 N–H and O–H groups in total. The summed E-state index contributed by atoms with van der Waals surface area (Å²) < 4.78 is 24.6. The van der Waals surface area contributed by atoms with E-state index in [1.54, 1.807) is 6.07 Å². The van der Waals surface area contributed by atoms with Crippen molar-refractivity contribution in [3.05, 3.63) is 39.9 Å². The van der Waals surface area contributed by atoms with Gasteiger partial charge in [-0.1, -0.05) is 12.1 Å². The van der Waals surface area contributed by atoms with E-state index in [0.29, 0.717) is 5.56 Å². The molecule has 0 saturated heterocycles. The third kappa shape index (κ3) is 3.59. The van der Waals surface area contributed by atoms with Gasteiger partial charge in [0.1, 0.15) is 0 Å². The summed E-state index contributed by atoms with van der Waals surface area (Å²) in [5, 5.41) is 10.5. The molecule has 0 aliphatic carbocycles. The molecule has 0 amide bonds. The van der Waals surface area contributed by atoms with E-state index in [9.17, 15) is 18.5 Å². The molecule has 16 heavy (non-hydrogen) atoms. The average molecular weight is 244 g/mol. The molecule has 6 nitrogen and oxygen atoms in total. The van der Waals surface area contributed by atoms with Gasteiger partial charge in [0.15, 0.2) is 0 Å². The lowest BCUT2D eigenvalue weighted by Crippen LogP contribution is -2.24. The van der Waals surface area contributed by atoms with Gasteiger partial charge in [0, 0.05) is 18.7 Å². The van der Waals surface area contributed by atoms with Gasteiger partial charge in [-0.15, -0.1) is 0 Å². The van der Waals surface area contributed by atoms with E-state index in [2.05, 4.69) is 4.72 Å². The van der Waals surface area contributed by atoms with E-state index in [0.717, 1.165) is 0 Å². The molecule has 0 aliphatic heterocycles. The second kappa shape index (κ2) is 5.04. The van der Waals surface area contributed by atoms with Crippen molar-refractivity contribution in [2.75, 3.05) is 5.75 Å². The van der Waals surface area contributed by atoms with Crippen molar-refractivity contribution in [3.63, 3.8) is 0 Å². The normalized spacial score (nSPS) is 11.3. The van der Waals surface area contributed by atoms with Gasteiger partial charge in [0.2, 0.25) is 10.0 Å². The number of non-ortho nitro benzene ring substituents is 1. The van der Waals surface area contributed by atoms with Crippen LogP contribution >= 0.6 is 0 Å². The summed E-state index contributed by atoms with van der Waals surface area (Å²) in [4.78, 5) is 9.96. The van der Waals surface area contributed by atoms with E-state index < -0.39 is 14.9 Å². The van der Waals surface area contributed by atoms with E-state index >= 15 is 0 Å². The van der Waals surface area contributed by atoms with Crippen LogP contribution in [0.3, 0.4) is 0 Å². The SMILES string of the molecule is CCS(=O)(=O)NCc1cccc([N+](=O)[O-])c1. The van der Waals surface area contributed by atoms with Crippen LogP contribution in [0.1, 0.15) is 12.5 Å². The predicted molar refractivity (Wildman–Crippen MR) is 59.4 cm³/mol. The van der Waals surface area contributed by atoms with Crippen LogP contribution in [-0.2, 0) is 16.6 Å². The van der Waals surface area contributed by atoms with Crippen molar-refractivity contribution < 1.29 is 13.3 Å². The molecule has 0 heterocycles. The predicted octanol–water partition coefficient (Wildman–Crippen LogP) is 1.03. The van der Waals surface area contributed by atoms with Gasteiger partial charge < -0.3 is 0 Å². The fourth-order valence-electron chi connectivity index (χ4n) is 1.08. The number of nitrogens with one attached hydrogen (secondary N) is 1. The molecule has 0 aliphatic rings. The van der Waals surface area contributed by atoms with Crippen LogP contribution in [-0.4, -0.2) is 19.1 Å². The maximum atomic E-state index is 11.1. The molecule has 7 heteroatoms. The highest BCUT2D eigenvalue weighted by Crippen LogP contribution is 2.12. The van der Waals surface area contributed by atoms with Crippen molar-refractivity contribution in [1.82, 2.24) is 4.72 Å². The molecule has 0 bridgehead atoms. The smallest absolute Gasteiger partial charge is 0.258 e. The van der Waals surface area contributed by atoms with Crippen LogP contribution in [0.2, 0.25) is 0 Å². The number of nitro groups is 1. The summed E-state index contributed by atoms with van der Waals surface area (Å²) >= 11 is 0. The van der Waals surface area contributed by atoms with Gasteiger partial charge >= 0.3 is 0 Å². The van der Waals surface area contributed by atoms with Crippen LogP contribution in [0.25, 0.3) is 0 Å². The maximum absolute atomic E-state index is 11.1. The first-order valence-corrected chi connectivity index (χ1v) is 6.30. The molecule has 0 aromatic heterocycles. The fraction of sp³-hybridized carbons (Fsp3) is 0.333. The minimum Gasteiger partial charge on any atom is -0.258 e. The van der Waals surface area contributed by atoms with E-state index in [1.165, 1.54) is 25.1 Å². The van der Waals surface area contributed by atoms with Crippen molar-refractivity contribution in [2.24, 2.45) is 0 Å². The first-order valence-electron chi connectivity index (χ1n) is 4.65. The molecule has 0 radical (unpaired) electrons. The van der Waals surface area contributed by atoms with Crippen LogP contribution in [0.4, 0.5) is 5.69 Å². The van der Waals surface area contributed by atoms with E-state index in [4.69, 9.17) is 0 Å². The number of benzene rings is 1. The van der Waals surface area contributed by atoms with Crippen molar-refractivity contribution >= 4 is 15.7 Å². The zero-order valence-corrected chi connectivity index (χ0v) is 9.53. The Morgan fingerprint density at radius 1 is 1.44 bits per heavy atom. The molecule has 0 fully saturated rings. The highest BCUT2D eigenvalue weighted by atomic mass is 32.2. The Morgan fingerprint density at radius 2 is 2.12 bits per heavy atom. The fourth-order valence-corrected chi connectivity index (χ4v) is 1.67. The third-order valence-electron chi connectivity index (χ3n) is 2.00. The molecule has 0 saturated carbocycles. The van der Waals surface area contributed by atoms with E-state index in [1.807, 2.05) is 0 Å². The van der Waals surface area contributed by atoms with Crippen LogP contribution < -0.4 is 4.72 Å². The molecule has 0 unspecified atom stereocenters. The second-order valence-corrected chi connectivity index (χ2v) is 5.25. The summed E-state index contributed by atoms with van der Waals surface area (Å²) in [6.45, 7) is 1.59. The Hall–Kier alpha value is -1.47. The van der Waals surface area contributed by atoms with Gasteiger partial charge in [0.25, 0.3) is 5.69 Å². The Labute approximate surface area is 93.5 Å². The molecule has 0 atom stereocenters. The standard InChI is InChI=1S/C9H12N2O4S/c1-2-16(14,15)10-7-8-4-3-5-9(6-8)11(12)13/h3-6,10H,2,7H2,1H3. The molecular formula is C9H12N2O4S. The quantitative estimate of drug-likeness (QED) is 0.619. The molecular weight excluding hydrogens is 232 g/mol. The zero-order valence-electron chi connectivity index (χ0n) is 8.71. The Bertz CT molecular complexity index is 484. The largest absolute Gasteiger partial charge is 0.269 e. The zero-order chi connectivity index (χ0) is 12.2. The minimum absolute atomic E-state index is 0.0120. The summed E-state index contributed by atoms with van der Waals surface area (Å²) in [5.74, 6) is -0.0120. The molecule has 1 rings (SSSR count). The molecule has 1 aromatic carbocycles. The number of nitrogens with zero attached hydrogens (tertiary/aromatic N) is 1. The topological polar surface area (TPSA) is 89.3 Å². The summed E-state index contributed by atoms with van der Waals surface area (Å²) in [7, 11) is -3.27. The molecule has 1 aromatic rings. The maximum Gasteiger partial charge on any atom is 0.269 e. The van der Waals surface area contributed by atoms with Gasteiger partial charge in [-0.3, -0.25) is 10.1 Å². The summed E-state index contributed by atoms with van der Waals surface area (Å²) in [6.07, 6.45) is 0. The van der Waals surface area contributed by atoms with Crippen LogP contribution in [0.15, 0.2) is 24.3 Å². The van der Waals surface area contributed by atoms with Gasteiger partial charge in [-0.2, -0.15) is 0 Å². The first kappa shape index (κ1) is 12.6. The van der Waals surface area contributed by atoms with Crippen LogP contribution in [0.5, 0.6) is 0 Å². The minimum atomic E-state index is -3.27. The Kier molecular flexibility index (Phi) is 3.97. The monoisotopic (exact) mass is 244 g/mol. The lowest BCUT2D eigenvalue weighted by atomic mass is 10.2. The number of sulfonamides is 1. The lowest BCUT2D eigenvalue weighted by molar-refractivity contribution is -0.384. The lowest BCUT2D eigenvalue weighted by Gasteiger charge is -2.04.